The summed E-state index contributed by atoms with van der Waals surface area (Å²) in [6.07, 6.45) is 4.21. The lowest BCUT2D eigenvalue weighted by atomic mass is 9.78. The molecule has 3 aromatic carbocycles. The summed E-state index contributed by atoms with van der Waals surface area (Å²) in [6, 6.07) is 21.4. The van der Waals surface area contributed by atoms with Gasteiger partial charge in [0, 0.05) is 21.9 Å². The van der Waals surface area contributed by atoms with Crippen LogP contribution in [0.15, 0.2) is 65.1 Å². The lowest BCUT2D eigenvalue weighted by Gasteiger charge is -2.32. The number of allylic oxidation sites excluding steroid dienone is 1. The van der Waals surface area contributed by atoms with Crippen molar-refractivity contribution in [3.63, 3.8) is 0 Å². The molecular formula is C34H32BNO3. The summed E-state index contributed by atoms with van der Waals surface area (Å²) in [7, 11) is -0.398. The van der Waals surface area contributed by atoms with Crippen LogP contribution in [0.25, 0.3) is 27.7 Å². The Kier molecular flexibility index (Phi) is 5.00. The maximum Gasteiger partial charge on any atom is 0.494 e. The van der Waals surface area contributed by atoms with Gasteiger partial charge in [0.25, 0.3) is 0 Å². The molecule has 4 nitrogen and oxygen atoms in total. The highest BCUT2D eigenvalue weighted by Gasteiger charge is 2.51. The zero-order valence-electron chi connectivity index (χ0n) is 23.4. The average Bonchev–Trinajstić information content (AvgIpc) is 3.47. The minimum absolute atomic E-state index is 0.183. The fourth-order valence-corrected chi connectivity index (χ4v) is 6.43. The second-order valence-corrected chi connectivity index (χ2v) is 12.7. The van der Waals surface area contributed by atoms with E-state index >= 15 is 0 Å². The Morgan fingerprint density at radius 1 is 0.821 bits per heavy atom. The summed E-state index contributed by atoms with van der Waals surface area (Å²) in [5.74, 6) is 0.961. The van der Waals surface area contributed by atoms with Crippen LogP contribution in [0.2, 0.25) is 0 Å². The van der Waals surface area contributed by atoms with Gasteiger partial charge in [-0.25, -0.2) is 0 Å². The maximum absolute atomic E-state index is 9.47. The van der Waals surface area contributed by atoms with Gasteiger partial charge in [-0.1, -0.05) is 50.3 Å². The molecule has 2 aliphatic carbocycles. The van der Waals surface area contributed by atoms with Crippen LogP contribution in [-0.4, -0.2) is 18.3 Å². The molecule has 1 fully saturated rings. The Hall–Kier alpha value is -3.59. The van der Waals surface area contributed by atoms with E-state index < -0.39 is 7.12 Å². The standard InChI is InChI=1S/C34H32BNO3/c1-32(2)28-16-20(19-36)10-13-24(28)25-14-11-21(17-29(25)32)23-8-7-9-26-27-18-22(12-15-30(27)37-31(23)26)35-38-33(3,4)34(5,6)39-35/h8,10-18H,7,9H2,1-6H3. The van der Waals surface area contributed by atoms with Gasteiger partial charge in [-0.2, -0.15) is 5.26 Å². The van der Waals surface area contributed by atoms with E-state index in [4.69, 9.17) is 13.7 Å². The van der Waals surface area contributed by atoms with Crippen molar-refractivity contribution < 1.29 is 13.7 Å². The van der Waals surface area contributed by atoms with E-state index in [0.717, 1.165) is 40.6 Å². The van der Waals surface area contributed by atoms with Crippen LogP contribution in [-0.2, 0) is 21.1 Å². The third-order valence-electron chi connectivity index (χ3n) is 9.44. The zero-order valence-corrected chi connectivity index (χ0v) is 23.4. The number of rotatable bonds is 2. The summed E-state index contributed by atoms with van der Waals surface area (Å²) in [5, 5.41) is 10.6. The minimum atomic E-state index is -0.398. The first kappa shape index (κ1) is 24.5. The van der Waals surface area contributed by atoms with Gasteiger partial charge in [-0.05, 0) is 98.1 Å². The predicted molar refractivity (Wildman–Crippen MR) is 156 cm³/mol. The molecular weight excluding hydrogens is 481 g/mol. The highest BCUT2D eigenvalue weighted by molar-refractivity contribution is 6.62. The van der Waals surface area contributed by atoms with Crippen molar-refractivity contribution in [1.29, 1.82) is 5.26 Å². The molecule has 194 valence electrons. The smallest absolute Gasteiger partial charge is 0.456 e. The fourth-order valence-electron chi connectivity index (χ4n) is 6.43. The monoisotopic (exact) mass is 513 g/mol. The van der Waals surface area contributed by atoms with Crippen LogP contribution >= 0.6 is 0 Å². The Balaban J connectivity index is 1.28. The first-order valence-electron chi connectivity index (χ1n) is 13.8. The molecule has 0 radical (unpaired) electrons. The normalized spacial score (nSPS) is 19.8. The van der Waals surface area contributed by atoms with Crippen LogP contribution in [0.5, 0.6) is 0 Å². The summed E-state index contributed by atoms with van der Waals surface area (Å²) in [5.41, 5.74) is 10.2. The molecule has 1 aromatic heterocycles. The second kappa shape index (κ2) is 7.97. The third kappa shape index (κ3) is 3.45. The molecule has 0 saturated carbocycles. The van der Waals surface area contributed by atoms with Crippen LogP contribution in [0.1, 0.15) is 81.5 Å². The topological polar surface area (TPSA) is 55.4 Å². The van der Waals surface area contributed by atoms with E-state index in [1.807, 2.05) is 12.1 Å². The average molecular weight is 513 g/mol. The van der Waals surface area contributed by atoms with Gasteiger partial charge in [0.05, 0.1) is 22.8 Å². The molecule has 39 heavy (non-hydrogen) atoms. The van der Waals surface area contributed by atoms with Crippen LogP contribution in [0.3, 0.4) is 0 Å². The van der Waals surface area contributed by atoms with E-state index in [1.165, 1.54) is 33.4 Å². The minimum Gasteiger partial charge on any atom is -0.456 e. The third-order valence-corrected chi connectivity index (χ3v) is 9.44. The molecule has 1 aliphatic heterocycles. The molecule has 0 unspecified atom stereocenters. The highest BCUT2D eigenvalue weighted by atomic mass is 16.7. The number of aryl methyl sites for hydroxylation is 1. The van der Waals surface area contributed by atoms with Gasteiger partial charge < -0.3 is 13.7 Å². The Labute approximate surface area is 230 Å². The number of nitriles is 1. The van der Waals surface area contributed by atoms with Gasteiger partial charge in [0.2, 0.25) is 0 Å². The quantitative estimate of drug-likeness (QED) is 0.264. The fraction of sp³-hybridized carbons (Fsp3) is 0.324. The van der Waals surface area contributed by atoms with E-state index in [9.17, 15) is 5.26 Å². The van der Waals surface area contributed by atoms with E-state index in [2.05, 4.69) is 96.2 Å². The van der Waals surface area contributed by atoms with Gasteiger partial charge in [-0.15, -0.1) is 0 Å². The number of nitrogens with zero attached hydrogens (tertiary/aromatic N) is 1. The molecule has 4 aromatic rings. The van der Waals surface area contributed by atoms with Gasteiger partial charge in [-0.3, -0.25) is 0 Å². The molecule has 0 amide bonds. The Bertz CT molecular complexity index is 1750. The number of hydrogen-bond donors (Lipinski definition) is 0. The molecule has 3 aliphatic rings. The lowest BCUT2D eigenvalue weighted by molar-refractivity contribution is 0.00578. The van der Waals surface area contributed by atoms with E-state index in [0.29, 0.717) is 5.56 Å². The van der Waals surface area contributed by atoms with Crippen molar-refractivity contribution in [2.24, 2.45) is 0 Å². The van der Waals surface area contributed by atoms with Crippen molar-refractivity contribution in [2.45, 2.75) is 71.0 Å². The lowest BCUT2D eigenvalue weighted by Crippen LogP contribution is -2.41. The molecule has 7 rings (SSSR count). The SMILES string of the molecule is CC1(C)c2cc(C#N)ccc2-c2ccc(C3=CCCc4c3oc3ccc(B5OC(C)(C)C(C)(C)O5)cc43)cc21. The molecule has 2 heterocycles. The predicted octanol–water partition coefficient (Wildman–Crippen LogP) is 7.29. The van der Waals surface area contributed by atoms with Crippen molar-refractivity contribution >= 4 is 29.1 Å². The Morgan fingerprint density at radius 2 is 1.51 bits per heavy atom. The maximum atomic E-state index is 9.47. The van der Waals surface area contributed by atoms with Crippen LogP contribution in [0.4, 0.5) is 0 Å². The highest BCUT2D eigenvalue weighted by Crippen LogP contribution is 2.50. The zero-order chi connectivity index (χ0) is 27.3. The number of benzene rings is 3. The van der Waals surface area contributed by atoms with Crippen molar-refractivity contribution in [3.8, 4) is 17.2 Å². The first-order valence-corrected chi connectivity index (χ1v) is 13.8. The molecule has 0 N–H and O–H groups in total. The summed E-state index contributed by atoms with van der Waals surface area (Å²) >= 11 is 0. The number of fused-ring (bicyclic) bond motifs is 6. The van der Waals surface area contributed by atoms with Crippen LogP contribution < -0.4 is 5.46 Å². The largest absolute Gasteiger partial charge is 0.494 e. The molecule has 0 spiro atoms. The molecule has 5 heteroatoms. The summed E-state index contributed by atoms with van der Waals surface area (Å²) in [4.78, 5) is 0. The van der Waals surface area contributed by atoms with Crippen LogP contribution in [0, 0.1) is 11.3 Å². The van der Waals surface area contributed by atoms with Gasteiger partial charge >= 0.3 is 7.12 Å². The van der Waals surface area contributed by atoms with E-state index in [1.54, 1.807) is 0 Å². The number of hydrogen-bond acceptors (Lipinski definition) is 4. The molecule has 0 bridgehead atoms. The molecule has 0 atom stereocenters. The Morgan fingerprint density at radius 3 is 2.23 bits per heavy atom. The van der Waals surface area contributed by atoms with Gasteiger partial charge in [0.15, 0.2) is 0 Å². The molecule has 1 saturated heterocycles. The van der Waals surface area contributed by atoms with Crippen molar-refractivity contribution in [3.05, 3.63) is 94.3 Å². The van der Waals surface area contributed by atoms with Gasteiger partial charge in [0.1, 0.15) is 11.3 Å². The van der Waals surface area contributed by atoms with Crippen molar-refractivity contribution in [1.82, 2.24) is 0 Å². The van der Waals surface area contributed by atoms with Crippen molar-refractivity contribution in [2.75, 3.05) is 0 Å². The second-order valence-electron chi connectivity index (χ2n) is 12.7. The van der Waals surface area contributed by atoms with E-state index in [-0.39, 0.29) is 16.6 Å². The first-order chi connectivity index (χ1) is 18.5. The summed E-state index contributed by atoms with van der Waals surface area (Å²) in [6.45, 7) is 12.8. The summed E-state index contributed by atoms with van der Waals surface area (Å²) < 4.78 is 19.2. The number of furan rings is 1.